The van der Waals surface area contributed by atoms with Crippen LogP contribution in [0.25, 0.3) is 0 Å². The average molecular weight is 240 g/mol. The Balaban J connectivity index is 1.98. The summed E-state index contributed by atoms with van der Waals surface area (Å²) in [6.45, 7) is 0. The second-order valence-electron chi connectivity index (χ2n) is 3.77. The van der Waals surface area contributed by atoms with Crippen LogP contribution in [0.2, 0.25) is 0 Å². The van der Waals surface area contributed by atoms with Gasteiger partial charge in [-0.05, 0) is 42.9 Å². The van der Waals surface area contributed by atoms with Gasteiger partial charge in [0.1, 0.15) is 0 Å². The van der Waals surface area contributed by atoms with Crippen LogP contribution in [-0.2, 0) is 6.42 Å². The molecule has 1 fully saturated rings. The van der Waals surface area contributed by atoms with Gasteiger partial charge in [0.2, 0.25) is 0 Å². The van der Waals surface area contributed by atoms with Crippen LogP contribution in [0.4, 0.5) is 0 Å². The lowest BCUT2D eigenvalue weighted by Crippen LogP contribution is -2.09. The number of halogens is 1. The molecule has 1 aromatic rings. The van der Waals surface area contributed by atoms with Crippen LogP contribution in [0.3, 0.4) is 0 Å². The molecule has 0 saturated heterocycles. The number of rotatable bonds is 2. The van der Waals surface area contributed by atoms with Crippen molar-refractivity contribution < 1.29 is 0 Å². The van der Waals surface area contributed by atoms with E-state index in [1.54, 1.807) is 0 Å². The van der Waals surface area contributed by atoms with Gasteiger partial charge in [0.25, 0.3) is 0 Å². The molecule has 1 nitrogen and oxygen atoms in total. The minimum atomic E-state index is 0.737. The molecule has 1 aliphatic rings. The van der Waals surface area contributed by atoms with Gasteiger partial charge in [-0.2, -0.15) is 0 Å². The highest BCUT2D eigenvalue weighted by atomic mass is 79.9. The second kappa shape index (κ2) is 4.23. The average Bonchev–Trinajstić information content (AvgIpc) is 2.54. The fourth-order valence-corrected chi connectivity index (χ4v) is 2.82. The second-order valence-corrected chi connectivity index (χ2v) is 4.94. The van der Waals surface area contributed by atoms with Crippen molar-refractivity contribution in [3.05, 3.63) is 30.1 Å². The Morgan fingerprint density at radius 1 is 1.31 bits per heavy atom. The Morgan fingerprint density at radius 3 is 2.69 bits per heavy atom. The fourth-order valence-electron chi connectivity index (χ4n) is 2.04. The molecule has 0 aromatic carbocycles. The molecule has 2 rings (SSSR count). The van der Waals surface area contributed by atoms with Gasteiger partial charge in [-0.15, -0.1) is 0 Å². The smallest absolute Gasteiger partial charge is 0.0270 e. The molecule has 1 aromatic heterocycles. The van der Waals surface area contributed by atoms with Gasteiger partial charge >= 0.3 is 0 Å². The monoisotopic (exact) mass is 239 g/mol. The van der Waals surface area contributed by atoms with Crippen LogP contribution >= 0.6 is 15.9 Å². The van der Waals surface area contributed by atoms with Crippen LogP contribution in [0.15, 0.2) is 24.5 Å². The highest BCUT2D eigenvalue weighted by Crippen LogP contribution is 2.33. The van der Waals surface area contributed by atoms with Gasteiger partial charge in [0.05, 0.1) is 0 Å². The lowest BCUT2D eigenvalue weighted by atomic mass is 9.99. The summed E-state index contributed by atoms with van der Waals surface area (Å²) >= 11 is 3.75. The third-order valence-electron chi connectivity index (χ3n) is 2.81. The van der Waals surface area contributed by atoms with E-state index in [0.29, 0.717) is 0 Å². The molecule has 13 heavy (non-hydrogen) atoms. The van der Waals surface area contributed by atoms with Crippen LogP contribution in [0.1, 0.15) is 24.8 Å². The van der Waals surface area contributed by atoms with Crippen molar-refractivity contribution in [3.8, 4) is 0 Å². The number of alkyl halides is 1. The number of aromatic nitrogens is 1. The predicted molar refractivity (Wildman–Crippen MR) is 58.0 cm³/mol. The maximum absolute atomic E-state index is 4.03. The molecule has 0 bridgehead atoms. The summed E-state index contributed by atoms with van der Waals surface area (Å²) in [6, 6.07) is 4.25. The topological polar surface area (TPSA) is 12.9 Å². The first kappa shape index (κ1) is 9.20. The van der Waals surface area contributed by atoms with Crippen molar-refractivity contribution in [2.45, 2.75) is 30.5 Å². The highest BCUT2D eigenvalue weighted by Gasteiger charge is 2.24. The highest BCUT2D eigenvalue weighted by molar-refractivity contribution is 9.09. The van der Waals surface area contributed by atoms with Crippen molar-refractivity contribution in [3.63, 3.8) is 0 Å². The molecule has 2 atom stereocenters. The van der Waals surface area contributed by atoms with E-state index in [9.17, 15) is 0 Å². The number of pyridine rings is 1. The molecule has 0 radical (unpaired) electrons. The first-order valence-electron chi connectivity index (χ1n) is 4.89. The molecule has 70 valence electrons. The Bertz CT molecular complexity index is 260. The van der Waals surface area contributed by atoms with Crippen molar-refractivity contribution in [2.75, 3.05) is 0 Å². The molecule has 2 unspecified atom stereocenters. The number of nitrogens with zero attached hydrogens (tertiary/aromatic N) is 1. The molecule has 1 heterocycles. The van der Waals surface area contributed by atoms with Crippen LogP contribution < -0.4 is 0 Å². The maximum Gasteiger partial charge on any atom is 0.0270 e. The summed E-state index contributed by atoms with van der Waals surface area (Å²) in [5.74, 6) is 0.836. The van der Waals surface area contributed by atoms with Gasteiger partial charge in [-0.3, -0.25) is 4.98 Å². The summed E-state index contributed by atoms with van der Waals surface area (Å²) in [5.41, 5.74) is 1.42. The maximum atomic E-state index is 4.03. The number of hydrogen-bond acceptors (Lipinski definition) is 1. The summed E-state index contributed by atoms with van der Waals surface area (Å²) in [6.07, 6.45) is 9.07. The minimum Gasteiger partial charge on any atom is -0.265 e. The Morgan fingerprint density at radius 2 is 2.08 bits per heavy atom. The molecule has 0 amide bonds. The fraction of sp³-hybridized carbons (Fsp3) is 0.545. The lowest BCUT2D eigenvalue weighted by molar-refractivity contribution is 0.562. The molecule has 1 saturated carbocycles. The quantitative estimate of drug-likeness (QED) is 0.723. The molecular weight excluding hydrogens is 226 g/mol. The summed E-state index contributed by atoms with van der Waals surface area (Å²) in [4.78, 5) is 4.76. The summed E-state index contributed by atoms with van der Waals surface area (Å²) < 4.78 is 0. The van der Waals surface area contributed by atoms with Gasteiger partial charge < -0.3 is 0 Å². The van der Waals surface area contributed by atoms with Crippen LogP contribution in [0, 0.1) is 5.92 Å². The molecule has 0 spiro atoms. The normalized spacial score (nSPS) is 27.8. The molecule has 1 aliphatic carbocycles. The zero-order chi connectivity index (χ0) is 9.10. The van der Waals surface area contributed by atoms with Crippen molar-refractivity contribution in [1.29, 1.82) is 0 Å². The first-order chi connectivity index (χ1) is 6.36. The summed E-state index contributed by atoms with van der Waals surface area (Å²) in [7, 11) is 0. The van der Waals surface area contributed by atoms with Gasteiger partial charge in [0.15, 0.2) is 0 Å². The van der Waals surface area contributed by atoms with Crippen molar-refractivity contribution in [1.82, 2.24) is 4.98 Å². The SMILES string of the molecule is BrC1CCCC1Cc1ccncc1. The van der Waals surface area contributed by atoms with E-state index in [1.807, 2.05) is 12.4 Å². The third-order valence-corrected chi connectivity index (χ3v) is 4.02. The van der Waals surface area contributed by atoms with Gasteiger partial charge in [-0.25, -0.2) is 0 Å². The Hall–Kier alpha value is -0.370. The molecule has 2 heteroatoms. The van der Waals surface area contributed by atoms with E-state index >= 15 is 0 Å². The molecule has 0 N–H and O–H groups in total. The lowest BCUT2D eigenvalue weighted by Gasteiger charge is -2.13. The van der Waals surface area contributed by atoms with Crippen LogP contribution in [0.5, 0.6) is 0 Å². The van der Waals surface area contributed by atoms with E-state index in [4.69, 9.17) is 0 Å². The molecule has 0 aliphatic heterocycles. The van der Waals surface area contributed by atoms with E-state index in [2.05, 4.69) is 33.0 Å². The zero-order valence-corrected chi connectivity index (χ0v) is 9.20. The standard InChI is InChI=1S/C11H14BrN/c12-11-3-1-2-10(11)8-9-4-6-13-7-5-9/h4-7,10-11H,1-3,8H2. The van der Waals surface area contributed by atoms with Crippen LogP contribution in [-0.4, -0.2) is 9.81 Å². The van der Waals surface area contributed by atoms with E-state index in [-0.39, 0.29) is 0 Å². The third kappa shape index (κ3) is 2.31. The Labute approximate surface area is 87.7 Å². The van der Waals surface area contributed by atoms with Crippen molar-refractivity contribution in [2.24, 2.45) is 5.92 Å². The minimum absolute atomic E-state index is 0.737. The van der Waals surface area contributed by atoms with Gasteiger partial charge in [-0.1, -0.05) is 22.4 Å². The van der Waals surface area contributed by atoms with E-state index in [1.165, 1.54) is 31.2 Å². The summed E-state index contributed by atoms with van der Waals surface area (Å²) in [5, 5.41) is 0. The van der Waals surface area contributed by atoms with Gasteiger partial charge in [0, 0.05) is 17.2 Å². The number of hydrogen-bond donors (Lipinski definition) is 0. The van der Waals surface area contributed by atoms with E-state index in [0.717, 1.165) is 10.7 Å². The predicted octanol–water partition coefficient (Wildman–Crippen LogP) is 3.19. The zero-order valence-electron chi connectivity index (χ0n) is 7.62. The Kier molecular flexibility index (Phi) is 2.99. The first-order valence-corrected chi connectivity index (χ1v) is 5.81. The van der Waals surface area contributed by atoms with E-state index < -0.39 is 0 Å². The largest absolute Gasteiger partial charge is 0.265 e. The molecular formula is C11H14BrN. The van der Waals surface area contributed by atoms with Crippen molar-refractivity contribution >= 4 is 15.9 Å².